The predicted octanol–water partition coefficient (Wildman–Crippen LogP) is 3.40. The van der Waals surface area contributed by atoms with E-state index in [0.717, 1.165) is 16.3 Å². The van der Waals surface area contributed by atoms with Gasteiger partial charge >= 0.3 is 0 Å². The molecule has 0 amide bonds. The molecule has 1 rings (SSSR count). The van der Waals surface area contributed by atoms with Crippen LogP contribution in [0, 0.1) is 0 Å². The van der Waals surface area contributed by atoms with E-state index in [2.05, 4.69) is 25.7 Å². The smallest absolute Gasteiger partial charge is 0.125 e. The highest BCUT2D eigenvalue weighted by atomic mass is 35.5. The van der Waals surface area contributed by atoms with Gasteiger partial charge in [0.05, 0.1) is 0 Å². The zero-order valence-corrected chi connectivity index (χ0v) is 10.6. The third kappa shape index (κ3) is 3.87. The molecule has 0 aliphatic heterocycles. The molecule has 1 aromatic carbocycles. The Labute approximate surface area is 102 Å². The van der Waals surface area contributed by atoms with Crippen molar-refractivity contribution in [1.82, 2.24) is 5.32 Å². The number of hydrogen-bond acceptors (Lipinski definition) is 2. The lowest BCUT2D eigenvalue weighted by Gasteiger charge is -2.14. The fourth-order valence-electron chi connectivity index (χ4n) is 1.30. The Bertz CT molecular complexity index is 350. The third-order valence-electron chi connectivity index (χ3n) is 2.12. The largest absolute Gasteiger partial charge is 0.489 e. The number of rotatable bonds is 6. The van der Waals surface area contributed by atoms with Gasteiger partial charge in [-0.05, 0) is 12.1 Å². The minimum atomic E-state index is 0.420. The first-order valence-electron chi connectivity index (χ1n) is 5.39. The maximum atomic E-state index is 6.15. The van der Waals surface area contributed by atoms with Crippen LogP contribution in [0.1, 0.15) is 19.4 Å². The molecule has 0 spiro atoms. The van der Waals surface area contributed by atoms with E-state index in [9.17, 15) is 0 Å². The molecule has 0 bridgehead atoms. The highest BCUT2D eigenvalue weighted by molar-refractivity contribution is 6.31. The summed E-state index contributed by atoms with van der Waals surface area (Å²) in [5, 5.41) is 4.06. The number of ether oxygens (including phenoxy) is 1. The molecule has 88 valence electrons. The van der Waals surface area contributed by atoms with Gasteiger partial charge in [0, 0.05) is 23.2 Å². The van der Waals surface area contributed by atoms with Gasteiger partial charge in [0.1, 0.15) is 12.4 Å². The molecule has 0 radical (unpaired) electrons. The minimum absolute atomic E-state index is 0.420. The Balaban J connectivity index is 2.80. The third-order valence-corrected chi connectivity index (χ3v) is 2.47. The molecule has 0 aliphatic carbocycles. The van der Waals surface area contributed by atoms with Crippen LogP contribution >= 0.6 is 11.6 Å². The average Bonchev–Trinajstić information content (AvgIpc) is 2.24. The molecule has 2 nitrogen and oxygen atoms in total. The predicted molar refractivity (Wildman–Crippen MR) is 69.1 cm³/mol. The zero-order valence-electron chi connectivity index (χ0n) is 9.79. The van der Waals surface area contributed by atoms with Gasteiger partial charge in [-0.25, -0.2) is 0 Å². The molecule has 0 heterocycles. The van der Waals surface area contributed by atoms with Crippen LogP contribution < -0.4 is 10.1 Å². The van der Waals surface area contributed by atoms with E-state index in [1.807, 2.05) is 18.2 Å². The molecule has 0 unspecified atom stereocenters. The van der Waals surface area contributed by atoms with Gasteiger partial charge in [-0.15, -0.1) is 0 Å². The molecule has 16 heavy (non-hydrogen) atoms. The number of nitrogens with one attached hydrogen (secondary N) is 1. The molecule has 1 N–H and O–H groups in total. The number of halogens is 1. The molecule has 0 saturated heterocycles. The van der Waals surface area contributed by atoms with Gasteiger partial charge < -0.3 is 10.1 Å². The minimum Gasteiger partial charge on any atom is -0.489 e. The molecule has 0 atom stereocenters. The van der Waals surface area contributed by atoms with Crippen LogP contribution in [0.25, 0.3) is 0 Å². The van der Waals surface area contributed by atoms with Crippen molar-refractivity contribution in [3.8, 4) is 5.75 Å². The van der Waals surface area contributed by atoms with E-state index in [0.29, 0.717) is 19.2 Å². The zero-order chi connectivity index (χ0) is 12.0. The van der Waals surface area contributed by atoms with Gasteiger partial charge in [-0.1, -0.05) is 44.2 Å². The van der Waals surface area contributed by atoms with Crippen molar-refractivity contribution < 1.29 is 4.74 Å². The molecular weight excluding hydrogens is 222 g/mol. The maximum Gasteiger partial charge on any atom is 0.125 e. The fourth-order valence-corrected chi connectivity index (χ4v) is 1.53. The van der Waals surface area contributed by atoms with Gasteiger partial charge in [0.25, 0.3) is 0 Å². The van der Waals surface area contributed by atoms with Crippen LogP contribution in [0.4, 0.5) is 0 Å². The first-order valence-corrected chi connectivity index (χ1v) is 5.77. The van der Waals surface area contributed by atoms with Crippen molar-refractivity contribution in [3.05, 3.63) is 41.4 Å². The van der Waals surface area contributed by atoms with Crippen LogP contribution in [-0.4, -0.2) is 12.6 Å². The van der Waals surface area contributed by atoms with Crippen LogP contribution in [0.15, 0.2) is 30.9 Å². The highest BCUT2D eigenvalue weighted by Gasteiger charge is 2.08. The Morgan fingerprint density at radius 1 is 1.50 bits per heavy atom. The molecule has 0 saturated carbocycles. The van der Waals surface area contributed by atoms with Gasteiger partial charge in [-0.3, -0.25) is 0 Å². The van der Waals surface area contributed by atoms with Crippen molar-refractivity contribution in [2.75, 3.05) is 6.61 Å². The van der Waals surface area contributed by atoms with Crippen molar-refractivity contribution in [1.29, 1.82) is 0 Å². The van der Waals surface area contributed by atoms with Crippen LogP contribution in [0.3, 0.4) is 0 Å². The van der Waals surface area contributed by atoms with Crippen LogP contribution in [0.5, 0.6) is 5.75 Å². The van der Waals surface area contributed by atoms with Crippen LogP contribution in [0.2, 0.25) is 5.02 Å². The second-order valence-corrected chi connectivity index (χ2v) is 4.26. The average molecular weight is 240 g/mol. The Hall–Kier alpha value is -0.990. The summed E-state index contributed by atoms with van der Waals surface area (Å²) in [5.41, 5.74) is 1.000. The summed E-state index contributed by atoms with van der Waals surface area (Å²) in [6, 6.07) is 6.11. The molecule has 0 aromatic heterocycles. The van der Waals surface area contributed by atoms with Crippen molar-refractivity contribution in [2.45, 2.75) is 26.4 Å². The van der Waals surface area contributed by atoms with E-state index in [1.165, 1.54) is 0 Å². The monoisotopic (exact) mass is 239 g/mol. The van der Waals surface area contributed by atoms with E-state index < -0.39 is 0 Å². The molecule has 0 fully saturated rings. The van der Waals surface area contributed by atoms with E-state index in [4.69, 9.17) is 16.3 Å². The number of benzene rings is 1. The van der Waals surface area contributed by atoms with Crippen molar-refractivity contribution >= 4 is 11.6 Å². The highest BCUT2D eigenvalue weighted by Crippen LogP contribution is 2.26. The normalized spacial score (nSPS) is 10.5. The molecule has 1 aromatic rings. The second-order valence-electron chi connectivity index (χ2n) is 3.85. The summed E-state index contributed by atoms with van der Waals surface area (Å²) in [6.07, 6.45) is 1.72. The lowest BCUT2D eigenvalue weighted by Crippen LogP contribution is -2.22. The Morgan fingerprint density at radius 2 is 2.25 bits per heavy atom. The van der Waals surface area contributed by atoms with Gasteiger partial charge in [-0.2, -0.15) is 0 Å². The van der Waals surface area contributed by atoms with Gasteiger partial charge in [0.15, 0.2) is 0 Å². The maximum absolute atomic E-state index is 6.15. The molecular formula is C13H18ClNO. The summed E-state index contributed by atoms with van der Waals surface area (Å²) in [6.45, 7) is 9.03. The van der Waals surface area contributed by atoms with Gasteiger partial charge in [0.2, 0.25) is 0 Å². The topological polar surface area (TPSA) is 21.3 Å². The first-order chi connectivity index (χ1) is 7.65. The van der Waals surface area contributed by atoms with E-state index in [-0.39, 0.29) is 0 Å². The fraction of sp³-hybridized carbons (Fsp3) is 0.385. The molecule has 0 aliphatic rings. The summed E-state index contributed by atoms with van der Waals surface area (Å²) in [5.74, 6) is 0.820. The summed E-state index contributed by atoms with van der Waals surface area (Å²) in [7, 11) is 0. The lowest BCUT2D eigenvalue weighted by atomic mass is 10.2. The van der Waals surface area contributed by atoms with E-state index >= 15 is 0 Å². The quantitative estimate of drug-likeness (QED) is 0.769. The SMILES string of the molecule is C=CCOc1cccc(Cl)c1CNC(C)C. The van der Waals surface area contributed by atoms with Crippen molar-refractivity contribution in [3.63, 3.8) is 0 Å². The van der Waals surface area contributed by atoms with Crippen molar-refractivity contribution in [2.24, 2.45) is 0 Å². The summed E-state index contributed by atoms with van der Waals surface area (Å²) in [4.78, 5) is 0. The summed E-state index contributed by atoms with van der Waals surface area (Å²) < 4.78 is 5.56. The number of hydrogen-bond donors (Lipinski definition) is 1. The Morgan fingerprint density at radius 3 is 2.88 bits per heavy atom. The second kappa shape index (κ2) is 6.56. The lowest BCUT2D eigenvalue weighted by molar-refractivity contribution is 0.357. The summed E-state index contributed by atoms with van der Waals surface area (Å²) >= 11 is 6.15. The molecule has 3 heteroatoms. The standard InChI is InChI=1S/C13H18ClNO/c1-4-8-16-13-7-5-6-12(14)11(13)9-15-10(2)3/h4-7,10,15H,1,8-9H2,2-3H3. The van der Waals surface area contributed by atoms with Crippen LogP contribution in [-0.2, 0) is 6.54 Å². The van der Waals surface area contributed by atoms with E-state index in [1.54, 1.807) is 6.08 Å². The first kappa shape index (κ1) is 13.1. The Kier molecular flexibility index (Phi) is 5.36.